The maximum atomic E-state index is 6.37. The lowest BCUT2D eigenvalue weighted by Gasteiger charge is -2.56. The molecule has 2 aromatic carbocycles. The van der Waals surface area contributed by atoms with E-state index in [0.717, 1.165) is 11.2 Å². The molecule has 1 aromatic heterocycles. The monoisotopic (exact) mass is 344 g/mol. The van der Waals surface area contributed by atoms with Crippen molar-refractivity contribution in [2.75, 3.05) is 11.9 Å². The molecule has 3 heterocycles. The molecule has 5 rings (SSSR count). The minimum Gasteiger partial charge on any atom is -0.454 e. The summed E-state index contributed by atoms with van der Waals surface area (Å²) in [7, 11) is 2.14. The minimum absolute atomic E-state index is 0.0846. The number of hydrogen-bond donors (Lipinski definition) is 0. The molecule has 26 heavy (non-hydrogen) atoms. The van der Waals surface area contributed by atoms with Gasteiger partial charge in [-0.05, 0) is 11.6 Å². The molecule has 2 atom stereocenters. The zero-order valence-corrected chi connectivity index (χ0v) is 15.8. The molecule has 3 nitrogen and oxygen atoms in total. The van der Waals surface area contributed by atoms with Crippen molar-refractivity contribution in [3.05, 3.63) is 67.0 Å². The Morgan fingerprint density at radius 3 is 2.58 bits per heavy atom. The summed E-state index contributed by atoms with van der Waals surface area (Å²) in [6.07, 6.45) is 6.63. The van der Waals surface area contributed by atoms with Crippen molar-refractivity contribution >= 4 is 27.6 Å². The maximum absolute atomic E-state index is 6.37. The third kappa shape index (κ3) is 1.59. The largest absolute Gasteiger partial charge is 0.454 e. The molecular weight excluding hydrogens is 320 g/mol. The Labute approximate surface area is 154 Å². The van der Waals surface area contributed by atoms with E-state index in [1.807, 2.05) is 12.1 Å². The van der Waals surface area contributed by atoms with Crippen LogP contribution in [-0.4, -0.2) is 18.1 Å². The lowest BCUT2D eigenvalue weighted by molar-refractivity contribution is 0.107. The average molecular weight is 344 g/mol. The molecule has 0 spiro atoms. The number of benzene rings is 2. The molecule has 0 saturated carbocycles. The molecular formula is C23H24N2O. The summed E-state index contributed by atoms with van der Waals surface area (Å²) in [5.41, 5.74) is 4.22. The first kappa shape index (κ1) is 15.6. The molecule has 0 fully saturated rings. The van der Waals surface area contributed by atoms with Gasteiger partial charge in [0.05, 0.1) is 5.69 Å². The van der Waals surface area contributed by atoms with Gasteiger partial charge in [-0.25, -0.2) is 0 Å². The highest BCUT2D eigenvalue weighted by Gasteiger charge is 2.56. The fourth-order valence-electron chi connectivity index (χ4n) is 4.95. The zero-order chi connectivity index (χ0) is 18.3. The van der Waals surface area contributed by atoms with Crippen LogP contribution in [0.4, 0.5) is 5.69 Å². The van der Waals surface area contributed by atoms with Crippen molar-refractivity contribution in [2.45, 2.75) is 32.4 Å². The Hall–Kier alpha value is -2.68. The molecule has 0 saturated heterocycles. The van der Waals surface area contributed by atoms with Crippen LogP contribution in [0.1, 0.15) is 26.3 Å². The summed E-state index contributed by atoms with van der Waals surface area (Å²) in [5.74, 6) is 0. The topological polar surface area (TPSA) is 19.6 Å². The van der Waals surface area contributed by atoms with Gasteiger partial charge in [-0.15, -0.1) is 6.58 Å². The molecule has 0 N–H and O–H groups in total. The van der Waals surface area contributed by atoms with Crippen LogP contribution in [0, 0.1) is 5.41 Å². The van der Waals surface area contributed by atoms with Crippen LogP contribution in [0.15, 0.2) is 65.9 Å². The second-order valence-electron chi connectivity index (χ2n) is 8.29. The van der Waals surface area contributed by atoms with E-state index in [-0.39, 0.29) is 17.0 Å². The van der Waals surface area contributed by atoms with Crippen molar-refractivity contribution < 1.29 is 4.42 Å². The molecule has 0 aliphatic carbocycles. The minimum atomic E-state index is -0.113. The van der Waals surface area contributed by atoms with E-state index in [4.69, 9.17) is 4.42 Å². The lowest BCUT2D eigenvalue weighted by atomic mass is 9.58. The van der Waals surface area contributed by atoms with Crippen LogP contribution in [0.2, 0.25) is 0 Å². The highest BCUT2D eigenvalue weighted by atomic mass is 16.3. The third-order valence-corrected chi connectivity index (χ3v) is 6.87. The fraction of sp³-hybridized carbons (Fsp3) is 0.304. The quantitative estimate of drug-likeness (QED) is 0.534. The van der Waals surface area contributed by atoms with Gasteiger partial charge in [0, 0.05) is 41.1 Å². The normalized spacial score (nSPS) is 26.4. The molecule has 2 aliphatic rings. The fourth-order valence-corrected chi connectivity index (χ4v) is 4.95. The summed E-state index contributed by atoms with van der Waals surface area (Å²) in [6, 6.07) is 12.8. The van der Waals surface area contributed by atoms with Gasteiger partial charge in [0.25, 0.3) is 0 Å². The number of rotatable bonds is 1. The van der Waals surface area contributed by atoms with Crippen LogP contribution in [0.5, 0.6) is 0 Å². The Balaban J connectivity index is 1.92. The molecule has 132 valence electrons. The van der Waals surface area contributed by atoms with Gasteiger partial charge in [-0.2, -0.15) is 0 Å². The van der Waals surface area contributed by atoms with Crippen molar-refractivity contribution in [1.82, 2.24) is 4.90 Å². The van der Waals surface area contributed by atoms with Crippen LogP contribution in [0.3, 0.4) is 0 Å². The molecule has 0 bridgehead atoms. The van der Waals surface area contributed by atoms with Crippen molar-refractivity contribution in [3.63, 3.8) is 0 Å². The van der Waals surface area contributed by atoms with Gasteiger partial charge in [-0.3, -0.25) is 0 Å². The number of fused-ring (bicyclic) bond motifs is 7. The Kier molecular flexibility index (Phi) is 2.83. The summed E-state index contributed by atoms with van der Waals surface area (Å²) in [4.78, 5) is 4.65. The van der Waals surface area contributed by atoms with Gasteiger partial charge in [0.2, 0.25) is 0 Å². The van der Waals surface area contributed by atoms with Crippen LogP contribution in [0.25, 0.3) is 21.9 Å². The number of para-hydroxylation sites is 1. The van der Waals surface area contributed by atoms with Gasteiger partial charge in [0.1, 0.15) is 11.7 Å². The molecule has 2 aliphatic heterocycles. The van der Waals surface area contributed by atoms with Gasteiger partial charge < -0.3 is 14.2 Å². The number of hydrogen-bond acceptors (Lipinski definition) is 3. The highest BCUT2D eigenvalue weighted by Crippen LogP contribution is 2.58. The second-order valence-corrected chi connectivity index (χ2v) is 8.29. The van der Waals surface area contributed by atoms with Gasteiger partial charge >= 0.3 is 0 Å². The standard InChI is InChI=1S/C23H24N2O/c1-6-23(4)21-24(5)13-14-25(21)19-17(22(23,2)3)12-11-16-15-9-7-8-10-18(15)26-20(16)19/h6-14,21H,1H2,2-5H3. The second kappa shape index (κ2) is 4.73. The Morgan fingerprint density at radius 1 is 1.04 bits per heavy atom. The first-order chi connectivity index (χ1) is 12.4. The predicted octanol–water partition coefficient (Wildman–Crippen LogP) is 5.62. The average Bonchev–Trinajstić information content (AvgIpc) is 3.20. The van der Waals surface area contributed by atoms with E-state index < -0.39 is 0 Å². The highest BCUT2D eigenvalue weighted by molar-refractivity contribution is 6.10. The van der Waals surface area contributed by atoms with Crippen LogP contribution >= 0.6 is 0 Å². The Bertz CT molecular complexity index is 1090. The van der Waals surface area contributed by atoms with E-state index in [0.29, 0.717) is 0 Å². The summed E-state index contributed by atoms with van der Waals surface area (Å²) in [5, 5.41) is 2.35. The van der Waals surface area contributed by atoms with E-state index in [2.05, 4.69) is 86.9 Å². The third-order valence-electron chi connectivity index (χ3n) is 6.87. The Morgan fingerprint density at radius 2 is 1.81 bits per heavy atom. The smallest absolute Gasteiger partial charge is 0.159 e. The van der Waals surface area contributed by atoms with Crippen molar-refractivity contribution in [1.29, 1.82) is 0 Å². The number of anilines is 1. The predicted molar refractivity (Wildman–Crippen MR) is 108 cm³/mol. The summed E-state index contributed by atoms with van der Waals surface area (Å²) < 4.78 is 6.37. The first-order valence-electron chi connectivity index (χ1n) is 9.17. The van der Waals surface area contributed by atoms with E-state index in [1.165, 1.54) is 22.0 Å². The van der Waals surface area contributed by atoms with Crippen molar-refractivity contribution in [2.24, 2.45) is 5.41 Å². The molecule has 3 heteroatoms. The lowest BCUT2D eigenvalue weighted by Crippen LogP contribution is -2.60. The van der Waals surface area contributed by atoms with Crippen LogP contribution < -0.4 is 4.90 Å². The molecule has 0 amide bonds. The van der Waals surface area contributed by atoms with E-state index in [1.54, 1.807) is 0 Å². The van der Waals surface area contributed by atoms with E-state index in [9.17, 15) is 0 Å². The maximum Gasteiger partial charge on any atom is 0.159 e. The first-order valence-corrected chi connectivity index (χ1v) is 9.17. The number of nitrogens with zero attached hydrogens (tertiary/aromatic N) is 2. The molecule has 2 unspecified atom stereocenters. The van der Waals surface area contributed by atoms with Crippen molar-refractivity contribution in [3.8, 4) is 0 Å². The zero-order valence-electron chi connectivity index (χ0n) is 15.8. The van der Waals surface area contributed by atoms with Crippen LogP contribution in [-0.2, 0) is 5.41 Å². The summed E-state index contributed by atoms with van der Waals surface area (Å²) in [6.45, 7) is 11.2. The molecule has 3 aromatic rings. The van der Waals surface area contributed by atoms with Gasteiger partial charge in [0.15, 0.2) is 5.58 Å². The number of furan rings is 1. The van der Waals surface area contributed by atoms with Gasteiger partial charge in [-0.1, -0.05) is 57.2 Å². The SMILES string of the molecule is C=CC1(C)C2N(C)C=CN2c2c(ccc3c2oc2ccccc23)C1(C)C. The van der Waals surface area contributed by atoms with E-state index >= 15 is 0 Å². The molecule has 0 radical (unpaired) electrons. The summed E-state index contributed by atoms with van der Waals surface area (Å²) >= 11 is 0.